The number of hydrogen-bond acceptors (Lipinski definition) is 4. The van der Waals surface area contributed by atoms with Gasteiger partial charge in [0.1, 0.15) is 0 Å². The standard InChI is InChI=1S/C22H28BrN3O2/c1-3-21(16(2)27)24-22(28)17-4-8-19(9-5-17)25-12-14-26(15-13-25)20-10-6-18(23)7-11-20/h4-11,16,21,27H,3,12-15H2,1-2H3,(H,24,28). The number of anilines is 2. The van der Waals surface area contributed by atoms with E-state index in [9.17, 15) is 9.90 Å². The second kappa shape index (κ2) is 9.43. The van der Waals surface area contributed by atoms with Crippen LogP contribution in [0.1, 0.15) is 30.6 Å². The van der Waals surface area contributed by atoms with Gasteiger partial charge < -0.3 is 20.2 Å². The van der Waals surface area contributed by atoms with Crippen LogP contribution in [0.5, 0.6) is 0 Å². The summed E-state index contributed by atoms with van der Waals surface area (Å²) >= 11 is 3.48. The fourth-order valence-electron chi connectivity index (χ4n) is 3.51. The zero-order chi connectivity index (χ0) is 20.1. The molecule has 1 fully saturated rings. The quantitative estimate of drug-likeness (QED) is 0.711. The maximum atomic E-state index is 12.4. The smallest absolute Gasteiger partial charge is 0.251 e. The number of carbonyl (C=O) groups is 1. The van der Waals surface area contributed by atoms with Crippen molar-refractivity contribution in [2.24, 2.45) is 0 Å². The van der Waals surface area contributed by atoms with Gasteiger partial charge in [-0.25, -0.2) is 0 Å². The van der Waals surface area contributed by atoms with Crippen LogP contribution in [0, 0.1) is 0 Å². The van der Waals surface area contributed by atoms with Crippen molar-refractivity contribution in [1.29, 1.82) is 0 Å². The van der Waals surface area contributed by atoms with Crippen LogP contribution in [0.15, 0.2) is 53.0 Å². The average molecular weight is 446 g/mol. The van der Waals surface area contributed by atoms with E-state index in [1.54, 1.807) is 6.92 Å². The summed E-state index contributed by atoms with van der Waals surface area (Å²) < 4.78 is 1.10. The number of rotatable bonds is 6. The largest absolute Gasteiger partial charge is 0.391 e. The maximum absolute atomic E-state index is 12.4. The summed E-state index contributed by atoms with van der Waals surface area (Å²) in [6.07, 6.45) is 0.139. The summed E-state index contributed by atoms with van der Waals surface area (Å²) in [5.74, 6) is -0.139. The van der Waals surface area contributed by atoms with Crippen molar-refractivity contribution in [3.63, 3.8) is 0 Å². The Morgan fingerprint density at radius 1 is 1.00 bits per heavy atom. The lowest BCUT2D eigenvalue weighted by Gasteiger charge is -2.37. The van der Waals surface area contributed by atoms with Crippen molar-refractivity contribution >= 4 is 33.2 Å². The van der Waals surface area contributed by atoms with Gasteiger partial charge in [0.2, 0.25) is 0 Å². The summed E-state index contributed by atoms with van der Waals surface area (Å²) in [4.78, 5) is 17.1. The SMILES string of the molecule is CCC(NC(=O)c1ccc(N2CCN(c3ccc(Br)cc3)CC2)cc1)C(C)O. The molecule has 1 amide bonds. The molecule has 1 saturated heterocycles. The van der Waals surface area contributed by atoms with E-state index in [1.165, 1.54) is 5.69 Å². The minimum Gasteiger partial charge on any atom is -0.391 e. The molecule has 6 heteroatoms. The number of piperazine rings is 1. The van der Waals surface area contributed by atoms with Gasteiger partial charge in [-0.15, -0.1) is 0 Å². The van der Waals surface area contributed by atoms with Crippen molar-refractivity contribution in [2.45, 2.75) is 32.4 Å². The number of nitrogens with zero attached hydrogens (tertiary/aromatic N) is 2. The molecule has 28 heavy (non-hydrogen) atoms. The normalized spacial score (nSPS) is 16.6. The van der Waals surface area contributed by atoms with Crippen molar-refractivity contribution < 1.29 is 9.90 Å². The molecular formula is C22H28BrN3O2. The third kappa shape index (κ3) is 5.06. The molecule has 1 aliphatic rings. The fraction of sp³-hybridized carbons (Fsp3) is 0.409. The molecule has 2 aromatic rings. The first-order chi connectivity index (χ1) is 13.5. The van der Waals surface area contributed by atoms with Crippen molar-refractivity contribution in [3.8, 4) is 0 Å². The van der Waals surface area contributed by atoms with Crippen LogP contribution in [0.25, 0.3) is 0 Å². The van der Waals surface area contributed by atoms with Gasteiger partial charge in [-0.05, 0) is 61.9 Å². The van der Waals surface area contributed by atoms with E-state index in [0.29, 0.717) is 12.0 Å². The Balaban J connectivity index is 1.57. The van der Waals surface area contributed by atoms with E-state index in [1.807, 2.05) is 31.2 Å². The lowest BCUT2D eigenvalue weighted by atomic mass is 10.1. The highest BCUT2D eigenvalue weighted by Crippen LogP contribution is 2.22. The lowest BCUT2D eigenvalue weighted by molar-refractivity contribution is 0.0855. The molecule has 0 aliphatic carbocycles. The Labute approximate surface area is 175 Å². The maximum Gasteiger partial charge on any atom is 0.251 e. The topological polar surface area (TPSA) is 55.8 Å². The molecule has 0 aromatic heterocycles. The number of halogens is 1. The number of hydrogen-bond donors (Lipinski definition) is 2. The van der Waals surface area contributed by atoms with Crippen LogP contribution in [-0.2, 0) is 0 Å². The molecule has 0 saturated carbocycles. The minimum atomic E-state index is -0.560. The molecule has 3 rings (SSSR count). The molecule has 150 valence electrons. The van der Waals surface area contributed by atoms with Gasteiger partial charge in [0.25, 0.3) is 5.91 Å². The van der Waals surface area contributed by atoms with Gasteiger partial charge in [0.15, 0.2) is 0 Å². The van der Waals surface area contributed by atoms with E-state index in [-0.39, 0.29) is 11.9 Å². The number of nitrogens with one attached hydrogen (secondary N) is 1. The number of aliphatic hydroxyl groups excluding tert-OH is 1. The highest BCUT2D eigenvalue weighted by atomic mass is 79.9. The molecule has 1 heterocycles. The van der Waals surface area contributed by atoms with Gasteiger partial charge in [0.05, 0.1) is 12.1 Å². The van der Waals surface area contributed by atoms with Crippen LogP contribution in [0.2, 0.25) is 0 Å². The van der Waals surface area contributed by atoms with Gasteiger partial charge in [-0.1, -0.05) is 22.9 Å². The van der Waals surface area contributed by atoms with Gasteiger partial charge >= 0.3 is 0 Å². The van der Waals surface area contributed by atoms with E-state index >= 15 is 0 Å². The van der Waals surface area contributed by atoms with Gasteiger partial charge in [-0.3, -0.25) is 4.79 Å². The molecule has 5 nitrogen and oxygen atoms in total. The molecular weight excluding hydrogens is 418 g/mol. The summed E-state index contributed by atoms with van der Waals surface area (Å²) in [6, 6.07) is 16.0. The van der Waals surface area contributed by atoms with Crippen molar-refractivity contribution in [3.05, 3.63) is 58.6 Å². The lowest BCUT2D eigenvalue weighted by Crippen LogP contribution is -2.46. The van der Waals surface area contributed by atoms with E-state index in [0.717, 1.165) is 36.3 Å². The number of carbonyl (C=O) groups excluding carboxylic acids is 1. The Hall–Kier alpha value is -2.05. The predicted molar refractivity (Wildman–Crippen MR) is 118 cm³/mol. The number of benzene rings is 2. The highest BCUT2D eigenvalue weighted by Gasteiger charge is 2.19. The second-order valence-corrected chi connectivity index (χ2v) is 8.14. The summed E-state index contributed by atoms with van der Waals surface area (Å²) in [7, 11) is 0. The first kappa shape index (κ1) is 20.7. The second-order valence-electron chi connectivity index (χ2n) is 7.23. The predicted octanol–water partition coefficient (Wildman–Crippen LogP) is 3.66. The molecule has 2 unspecified atom stereocenters. The van der Waals surface area contributed by atoms with E-state index < -0.39 is 6.10 Å². The summed E-state index contributed by atoms with van der Waals surface area (Å²) in [5, 5.41) is 12.6. The monoisotopic (exact) mass is 445 g/mol. The molecule has 2 aromatic carbocycles. The highest BCUT2D eigenvalue weighted by molar-refractivity contribution is 9.10. The zero-order valence-electron chi connectivity index (χ0n) is 16.4. The summed E-state index contributed by atoms with van der Waals surface area (Å²) in [5.41, 5.74) is 3.00. The molecule has 0 spiro atoms. The first-order valence-corrected chi connectivity index (χ1v) is 10.6. The Morgan fingerprint density at radius 3 is 1.89 bits per heavy atom. The van der Waals surface area contributed by atoms with Crippen LogP contribution in [0.3, 0.4) is 0 Å². The Kier molecular flexibility index (Phi) is 6.97. The fourth-order valence-corrected chi connectivity index (χ4v) is 3.78. The molecule has 1 aliphatic heterocycles. The van der Waals surface area contributed by atoms with Crippen molar-refractivity contribution in [2.75, 3.05) is 36.0 Å². The number of amides is 1. The molecule has 0 bridgehead atoms. The third-order valence-corrected chi connectivity index (χ3v) is 5.83. The van der Waals surface area contributed by atoms with E-state index in [4.69, 9.17) is 0 Å². The van der Waals surface area contributed by atoms with Gasteiger partial charge in [0, 0.05) is 47.6 Å². The van der Waals surface area contributed by atoms with Crippen LogP contribution in [0.4, 0.5) is 11.4 Å². The van der Waals surface area contributed by atoms with Crippen LogP contribution < -0.4 is 15.1 Å². The van der Waals surface area contributed by atoms with Crippen LogP contribution >= 0.6 is 15.9 Å². The molecule has 2 atom stereocenters. The number of aliphatic hydroxyl groups is 1. The molecule has 2 N–H and O–H groups in total. The van der Waals surface area contributed by atoms with Crippen molar-refractivity contribution in [1.82, 2.24) is 5.32 Å². The van der Waals surface area contributed by atoms with Gasteiger partial charge in [-0.2, -0.15) is 0 Å². The van der Waals surface area contributed by atoms with E-state index in [2.05, 4.69) is 55.3 Å². The summed E-state index contributed by atoms with van der Waals surface area (Å²) in [6.45, 7) is 7.48. The van der Waals surface area contributed by atoms with Crippen LogP contribution in [-0.4, -0.2) is 49.3 Å². The molecule has 0 radical (unpaired) electrons. The minimum absolute atomic E-state index is 0.139. The average Bonchev–Trinajstić information content (AvgIpc) is 2.72. The Morgan fingerprint density at radius 2 is 1.46 bits per heavy atom. The zero-order valence-corrected chi connectivity index (χ0v) is 18.0. The Bertz CT molecular complexity index is 769. The third-order valence-electron chi connectivity index (χ3n) is 5.30. The first-order valence-electron chi connectivity index (χ1n) is 9.82.